The zero-order valence-electron chi connectivity index (χ0n) is 9.52. The van der Waals surface area contributed by atoms with Gasteiger partial charge in [-0.1, -0.05) is 29.8 Å². The number of rotatable bonds is 5. The van der Waals surface area contributed by atoms with E-state index in [4.69, 9.17) is 0 Å². The molecule has 0 aliphatic heterocycles. The predicted octanol–water partition coefficient (Wildman–Crippen LogP) is 1.92. The summed E-state index contributed by atoms with van der Waals surface area (Å²) in [7, 11) is -3.69. The van der Waals surface area contributed by atoms with E-state index in [0.29, 0.717) is 5.92 Å². The molecule has 0 fully saturated rings. The van der Waals surface area contributed by atoms with E-state index >= 15 is 0 Å². The molecule has 0 aliphatic carbocycles. The van der Waals surface area contributed by atoms with Gasteiger partial charge in [0.05, 0.1) is 6.20 Å². The fourth-order valence-electron chi connectivity index (χ4n) is 1.05. The molecule has 0 aromatic carbocycles. The highest BCUT2D eigenvalue weighted by Crippen LogP contribution is 2.13. The fraction of sp³-hybridized carbons (Fsp3) is 0.500. The lowest BCUT2D eigenvalue weighted by Gasteiger charge is -2.14. The maximum Gasteiger partial charge on any atom is 0.242 e. The van der Waals surface area contributed by atoms with Gasteiger partial charge < -0.3 is 0 Å². The summed E-state index contributed by atoms with van der Waals surface area (Å²) in [6.07, 6.45) is 2.07. The molecule has 1 unspecified atom stereocenters. The van der Waals surface area contributed by atoms with Gasteiger partial charge in [0.25, 0.3) is 0 Å². The summed E-state index contributed by atoms with van der Waals surface area (Å²) in [5.74, 6) is -0.379. The summed E-state index contributed by atoms with van der Waals surface area (Å²) in [6, 6.07) is 0.938. The molecule has 1 aromatic heterocycles. The second-order valence-electron chi connectivity index (χ2n) is 3.95. The molecule has 0 aliphatic rings. The van der Waals surface area contributed by atoms with E-state index in [2.05, 4.69) is 25.6 Å². The number of halogens is 2. The molecule has 1 aromatic rings. The van der Waals surface area contributed by atoms with Crippen LogP contribution < -0.4 is 4.72 Å². The number of hydrogen-bond acceptors (Lipinski definition) is 3. The molecule has 0 bridgehead atoms. The molecule has 96 valence electrons. The first-order valence-electron chi connectivity index (χ1n) is 5.07. The third-order valence-electron chi connectivity index (χ3n) is 2.18. The van der Waals surface area contributed by atoms with Crippen molar-refractivity contribution >= 4 is 26.0 Å². The first-order chi connectivity index (χ1) is 7.83. The Morgan fingerprint density at radius 2 is 2.12 bits per heavy atom. The molecule has 0 spiro atoms. The van der Waals surface area contributed by atoms with Crippen molar-refractivity contribution in [1.29, 1.82) is 0 Å². The van der Waals surface area contributed by atoms with Crippen molar-refractivity contribution in [1.82, 2.24) is 9.71 Å². The summed E-state index contributed by atoms with van der Waals surface area (Å²) in [6.45, 7) is 4.19. The molecule has 0 saturated carbocycles. The van der Waals surface area contributed by atoms with Crippen LogP contribution in [0.3, 0.4) is 0 Å². The number of hydrogen-bond donors (Lipinski definition) is 1. The molecule has 1 rings (SSSR count). The molecule has 4 nitrogen and oxygen atoms in total. The van der Waals surface area contributed by atoms with E-state index in [1.54, 1.807) is 0 Å². The molecule has 1 heterocycles. The van der Waals surface area contributed by atoms with Crippen LogP contribution in [-0.2, 0) is 10.0 Å². The van der Waals surface area contributed by atoms with Crippen LogP contribution in [0.5, 0.6) is 0 Å². The lowest BCUT2D eigenvalue weighted by atomic mass is 10.1. The Kier molecular flexibility index (Phi) is 5.03. The average Bonchev–Trinajstić information content (AvgIpc) is 2.26. The number of nitrogens with one attached hydrogen (secondary N) is 1. The minimum Gasteiger partial charge on any atom is -0.260 e. The number of pyridine rings is 1. The van der Waals surface area contributed by atoms with Gasteiger partial charge in [-0.15, -0.1) is 0 Å². The Labute approximate surface area is 109 Å². The Bertz CT molecular complexity index is 479. The lowest BCUT2D eigenvalue weighted by Crippen LogP contribution is -2.31. The first kappa shape index (κ1) is 14.5. The summed E-state index contributed by atoms with van der Waals surface area (Å²) in [5, 5.41) is 0. The SMILES string of the molecule is CC(C)C(Br)CNS(=O)(=O)c1cncc(F)c1. The second kappa shape index (κ2) is 5.88. The Morgan fingerprint density at radius 1 is 1.47 bits per heavy atom. The van der Waals surface area contributed by atoms with Crippen molar-refractivity contribution < 1.29 is 12.8 Å². The van der Waals surface area contributed by atoms with Gasteiger partial charge in [-0.25, -0.2) is 17.5 Å². The maximum atomic E-state index is 12.9. The standard InChI is InChI=1S/C10H14BrFN2O2S/c1-7(2)10(11)6-14-17(15,16)9-3-8(12)4-13-5-9/h3-5,7,10,14H,6H2,1-2H3. The van der Waals surface area contributed by atoms with Gasteiger partial charge in [0, 0.05) is 17.6 Å². The van der Waals surface area contributed by atoms with Gasteiger partial charge in [0.15, 0.2) is 0 Å². The smallest absolute Gasteiger partial charge is 0.242 e. The van der Waals surface area contributed by atoms with Crippen molar-refractivity contribution in [2.75, 3.05) is 6.54 Å². The fourth-order valence-corrected chi connectivity index (χ4v) is 2.46. The third kappa shape index (κ3) is 4.33. The van der Waals surface area contributed by atoms with Crippen LogP contribution in [0, 0.1) is 11.7 Å². The molecule has 0 radical (unpaired) electrons. The van der Waals surface area contributed by atoms with E-state index in [-0.39, 0.29) is 16.3 Å². The zero-order chi connectivity index (χ0) is 13.1. The van der Waals surface area contributed by atoms with Crippen LogP contribution in [0.1, 0.15) is 13.8 Å². The van der Waals surface area contributed by atoms with Crippen LogP contribution in [0.15, 0.2) is 23.4 Å². The number of alkyl halides is 1. The van der Waals surface area contributed by atoms with Crippen LogP contribution >= 0.6 is 15.9 Å². The molecular formula is C10H14BrFN2O2S. The average molecular weight is 325 g/mol. The van der Waals surface area contributed by atoms with Gasteiger partial charge in [-0.2, -0.15) is 0 Å². The van der Waals surface area contributed by atoms with E-state index in [1.165, 1.54) is 0 Å². The monoisotopic (exact) mass is 324 g/mol. The van der Waals surface area contributed by atoms with Gasteiger partial charge in [0.2, 0.25) is 10.0 Å². The van der Waals surface area contributed by atoms with Crippen LogP contribution in [0.2, 0.25) is 0 Å². The predicted molar refractivity (Wildman–Crippen MR) is 66.9 cm³/mol. The van der Waals surface area contributed by atoms with Crippen molar-refractivity contribution in [3.8, 4) is 0 Å². The van der Waals surface area contributed by atoms with Crippen LogP contribution in [0.25, 0.3) is 0 Å². The normalized spacial score (nSPS) is 13.9. The summed E-state index contributed by atoms with van der Waals surface area (Å²) >= 11 is 3.37. The highest BCUT2D eigenvalue weighted by atomic mass is 79.9. The molecule has 7 heteroatoms. The quantitative estimate of drug-likeness (QED) is 0.842. The van der Waals surface area contributed by atoms with E-state index in [1.807, 2.05) is 13.8 Å². The zero-order valence-corrected chi connectivity index (χ0v) is 11.9. The summed E-state index contributed by atoms with van der Waals surface area (Å²) in [4.78, 5) is 3.37. The van der Waals surface area contributed by atoms with Gasteiger partial charge in [-0.05, 0) is 12.0 Å². The molecule has 0 amide bonds. The summed E-state index contributed by atoms with van der Waals surface area (Å²) in [5.41, 5.74) is 0. The van der Waals surface area contributed by atoms with E-state index in [0.717, 1.165) is 18.5 Å². The Balaban J connectivity index is 2.76. The Hall–Kier alpha value is -0.530. The molecule has 17 heavy (non-hydrogen) atoms. The molecule has 0 saturated heterocycles. The minimum atomic E-state index is -3.69. The Morgan fingerprint density at radius 3 is 2.65 bits per heavy atom. The van der Waals surface area contributed by atoms with Crippen LogP contribution in [-0.4, -0.2) is 24.8 Å². The van der Waals surface area contributed by atoms with Crippen molar-refractivity contribution in [3.63, 3.8) is 0 Å². The third-order valence-corrected chi connectivity index (χ3v) is 4.95. The maximum absolute atomic E-state index is 12.9. The van der Waals surface area contributed by atoms with Crippen molar-refractivity contribution in [2.45, 2.75) is 23.6 Å². The lowest BCUT2D eigenvalue weighted by molar-refractivity contribution is 0.559. The van der Waals surface area contributed by atoms with Gasteiger partial charge >= 0.3 is 0 Å². The van der Waals surface area contributed by atoms with E-state index < -0.39 is 15.8 Å². The second-order valence-corrected chi connectivity index (χ2v) is 6.89. The number of aromatic nitrogens is 1. The topological polar surface area (TPSA) is 59.1 Å². The van der Waals surface area contributed by atoms with Crippen molar-refractivity contribution in [3.05, 3.63) is 24.3 Å². The molecular weight excluding hydrogens is 311 g/mol. The van der Waals surface area contributed by atoms with Gasteiger partial charge in [0.1, 0.15) is 10.7 Å². The molecule has 1 atom stereocenters. The van der Waals surface area contributed by atoms with Gasteiger partial charge in [-0.3, -0.25) is 4.98 Å². The molecule has 1 N–H and O–H groups in total. The first-order valence-corrected chi connectivity index (χ1v) is 7.47. The minimum absolute atomic E-state index is 0.0267. The number of nitrogens with zero attached hydrogens (tertiary/aromatic N) is 1. The van der Waals surface area contributed by atoms with E-state index in [9.17, 15) is 12.8 Å². The highest BCUT2D eigenvalue weighted by Gasteiger charge is 2.18. The summed E-state index contributed by atoms with van der Waals surface area (Å²) < 4.78 is 38.8. The largest absolute Gasteiger partial charge is 0.260 e. The highest BCUT2D eigenvalue weighted by molar-refractivity contribution is 9.09. The number of sulfonamides is 1. The van der Waals surface area contributed by atoms with Crippen molar-refractivity contribution in [2.24, 2.45) is 5.92 Å². The van der Waals surface area contributed by atoms with Crippen LogP contribution in [0.4, 0.5) is 4.39 Å².